The van der Waals surface area contributed by atoms with E-state index >= 15 is 0 Å². The molecule has 1 heterocycles. The number of rotatable bonds is 4. The van der Waals surface area contributed by atoms with Crippen molar-refractivity contribution in [3.63, 3.8) is 0 Å². The van der Waals surface area contributed by atoms with Gasteiger partial charge in [-0.2, -0.15) is 13.2 Å². The number of alkyl halides is 3. The minimum absolute atomic E-state index is 0.141. The lowest BCUT2D eigenvalue weighted by Gasteiger charge is -2.15. The molecule has 0 fully saturated rings. The van der Waals surface area contributed by atoms with Gasteiger partial charge < -0.3 is 9.88 Å². The van der Waals surface area contributed by atoms with Crippen molar-refractivity contribution in [2.45, 2.75) is 25.7 Å². The van der Waals surface area contributed by atoms with Crippen molar-refractivity contribution in [2.75, 3.05) is 0 Å². The van der Waals surface area contributed by atoms with E-state index in [1.54, 1.807) is 6.07 Å². The Morgan fingerprint density at radius 3 is 2.60 bits per heavy atom. The SMILES string of the molecule is CC(NCc1ccn(C)c1)c1cccc(C(F)(F)F)c1. The molecule has 20 heavy (non-hydrogen) atoms. The van der Waals surface area contributed by atoms with Crippen molar-refractivity contribution in [2.24, 2.45) is 7.05 Å². The Bertz CT molecular complexity index is 572. The molecular weight excluding hydrogens is 265 g/mol. The van der Waals surface area contributed by atoms with Crippen LogP contribution in [0, 0.1) is 0 Å². The zero-order valence-corrected chi connectivity index (χ0v) is 11.4. The first-order chi connectivity index (χ1) is 9.36. The summed E-state index contributed by atoms with van der Waals surface area (Å²) in [5.41, 5.74) is 1.13. The predicted molar refractivity (Wildman–Crippen MR) is 72.1 cm³/mol. The van der Waals surface area contributed by atoms with Crippen LogP contribution in [0.3, 0.4) is 0 Å². The smallest absolute Gasteiger partial charge is 0.357 e. The topological polar surface area (TPSA) is 17.0 Å². The van der Waals surface area contributed by atoms with Gasteiger partial charge in [-0.05, 0) is 36.2 Å². The molecule has 108 valence electrons. The van der Waals surface area contributed by atoms with Crippen LogP contribution in [0.1, 0.15) is 29.7 Å². The van der Waals surface area contributed by atoms with Crippen molar-refractivity contribution < 1.29 is 13.2 Å². The summed E-state index contributed by atoms with van der Waals surface area (Å²) in [7, 11) is 1.93. The van der Waals surface area contributed by atoms with Gasteiger partial charge in [-0.25, -0.2) is 0 Å². The monoisotopic (exact) mass is 282 g/mol. The van der Waals surface area contributed by atoms with Crippen LogP contribution in [0.15, 0.2) is 42.7 Å². The van der Waals surface area contributed by atoms with Crippen LogP contribution < -0.4 is 5.32 Å². The van der Waals surface area contributed by atoms with Gasteiger partial charge in [0.1, 0.15) is 0 Å². The summed E-state index contributed by atoms with van der Waals surface area (Å²) in [6.45, 7) is 2.48. The van der Waals surface area contributed by atoms with E-state index in [2.05, 4.69) is 5.32 Å². The summed E-state index contributed by atoms with van der Waals surface area (Å²) in [6.07, 6.45) is -0.382. The van der Waals surface area contributed by atoms with Gasteiger partial charge in [0.15, 0.2) is 0 Å². The van der Waals surface area contributed by atoms with Crippen LogP contribution in [-0.2, 0) is 19.8 Å². The third-order valence-corrected chi connectivity index (χ3v) is 3.22. The molecule has 0 spiro atoms. The summed E-state index contributed by atoms with van der Waals surface area (Å²) in [5, 5.41) is 3.23. The Morgan fingerprint density at radius 1 is 1.25 bits per heavy atom. The molecule has 1 N–H and O–H groups in total. The number of nitrogens with one attached hydrogen (secondary N) is 1. The fourth-order valence-corrected chi connectivity index (χ4v) is 2.04. The molecule has 0 amide bonds. The van der Waals surface area contributed by atoms with Gasteiger partial charge in [0, 0.05) is 32.0 Å². The van der Waals surface area contributed by atoms with Gasteiger partial charge >= 0.3 is 6.18 Å². The van der Waals surface area contributed by atoms with Crippen molar-refractivity contribution in [3.05, 3.63) is 59.4 Å². The van der Waals surface area contributed by atoms with Gasteiger partial charge in [0.25, 0.3) is 0 Å². The maximum atomic E-state index is 12.7. The maximum absolute atomic E-state index is 12.7. The first-order valence-corrected chi connectivity index (χ1v) is 6.37. The van der Waals surface area contributed by atoms with E-state index in [-0.39, 0.29) is 6.04 Å². The van der Waals surface area contributed by atoms with E-state index in [1.807, 2.05) is 37.0 Å². The average Bonchev–Trinajstić information content (AvgIpc) is 2.81. The lowest BCUT2D eigenvalue weighted by Crippen LogP contribution is -2.18. The third-order valence-electron chi connectivity index (χ3n) is 3.22. The van der Waals surface area contributed by atoms with E-state index in [0.29, 0.717) is 12.1 Å². The van der Waals surface area contributed by atoms with Crippen LogP contribution in [0.5, 0.6) is 0 Å². The van der Waals surface area contributed by atoms with Crippen molar-refractivity contribution in [1.29, 1.82) is 0 Å². The molecule has 0 aliphatic rings. The number of benzene rings is 1. The van der Waals surface area contributed by atoms with Gasteiger partial charge in [-0.1, -0.05) is 12.1 Å². The molecule has 0 saturated heterocycles. The number of aryl methyl sites for hydroxylation is 1. The van der Waals surface area contributed by atoms with Crippen molar-refractivity contribution in [1.82, 2.24) is 9.88 Å². The van der Waals surface area contributed by atoms with Crippen LogP contribution >= 0.6 is 0 Å². The predicted octanol–water partition coefficient (Wildman–Crippen LogP) is 3.89. The maximum Gasteiger partial charge on any atom is 0.416 e. The average molecular weight is 282 g/mol. The highest BCUT2D eigenvalue weighted by atomic mass is 19.4. The van der Waals surface area contributed by atoms with Gasteiger partial charge in [-0.15, -0.1) is 0 Å². The summed E-state index contributed by atoms with van der Waals surface area (Å²) >= 11 is 0. The van der Waals surface area contributed by atoms with E-state index < -0.39 is 11.7 Å². The lowest BCUT2D eigenvalue weighted by atomic mass is 10.0. The van der Waals surface area contributed by atoms with Crippen LogP contribution in [-0.4, -0.2) is 4.57 Å². The van der Waals surface area contributed by atoms with E-state index in [0.717, 1.165) is 11.6 Å². The first kappa shape index (κ1) is 14.7. The molecule has 0 bridgehead atoms. The van der Waals surface area contributed by atoms with Gasteiger partial charge in [0.05, 0.1) is 5.56 Å². The second kappa shape index (κ2) is 5.71. The molecule has 1 atom stereocenters. The summed E-state index contributed by atoms with van der Waals surface area (Å²) < 4.78 is 39.9. The Morgan fingerprint density at radius 2 is 2.00 bits per heavy atom. The number of aromatic nitrogens is 1. The van der Waals surface area contributed by atoms with Crippen molar-refractivity contribution in [3.8, 4) is 0 Å². The second-order valence-corrected chi connectivity index (χ2v) is 4.91. The third kappa shape index (κ3) is 3.63. The van der Waals surface area contributed by atoms with E-state index in [1.165, 1.54) is 12.1 Å². The first-order valence-electron chi connectivity index (χ1n) is 6.37. The molecule has 2 aromatic rings. The molecule has 5 heteroatoms. The summed E-state index contributed by atoms with van der Waals surface area (Å²) in [6, 6.07) is 7.27. The number of nitrogens with zero attached hydrogens (tertiary/aromatic N) is 1. The number of halogens is 3. The van der Waals surface area contributed by atoms with Crippen LogP contribution in [0.4, 0.5) is 13.2 Å². The molecule has 0 aliphatic heterocycles. The largest absolute Gasteiger partial charge is 0.416 e. The Kier molecular flexibility index (Phi) is 4.18. The van der Waals surface area contributed by atoms with Gasteiger partial charge in [0.2, 0.25) is 0 Å². The molecule has 2 nitrogen and oxygen atoms in total. The standard InChI is InChI=1S/C15H17F3N2/c1-11(19-9-12-6-7-20(2)10-12)13-4-3-5-14(8-13)15(16,17)18/h3-8,10-11,19H,9H2,1-2H3. The zero-order chi connectivity index (χ0) is 14.8. The van der Waals surface area contributed by atoms with Gasteiger partial charge in [-0.3, -0.25) is 0 Å². The zero-order valence-electron chi connectivity index (χ0n) is 11.4. The minimum Gasteiger partial charge on any atom is -0.357 e. The molecule has 0 aliphatic carbocycles. The Labute approximate surface area is 116 Å². The summed E-state index contributed by atoms with van der Waals surface area (Å²) in [4.78, 5) is 0. The normalized spacial score (nSPS) is 13.4. The Balaban J connectivity index is 2.03. The molecule has 2 rings (SSSR count). The lowest BCUT2D eigenvalue weighted by molar-refractivity contribution is -0.137. The summed E-state index contributed by atoms with van der Waals surface area (Å²) in [5.74, 6) is 0. The molecule has 0 saturated carbocycles. The molecule has 1 unspecified atom stereocenters. The molecular formula is C15H17F3N2. The highest BCUT2D eigenvalue weighted by Gasteiger charge is 2.30. The fourth-order valence-electron chi connectivity index (χ4n) is 2.04. The number of hydrogen-bond donors (Lipinski definition) is 1. The molecule has 0 radical (unpaired) electrons. The second-order valence-electron chi connectivity index (χ2n) is 4.91. The van der Waals surface area contributed by atoms with Crippen molar-refractivity contribution >= 4 is 0 Å². The van der Waals surface area contributed by atoms with Crippen LogP contribution in [0.25, 0.3) is 0 Å². The van der Waals surface area contributed by atoms with E-state index in [9.17, 15) is 13.2 Å². The van der Waals surface area contributed by atoms with Crippen LogP contribution in [0.2, 0.25) is 0 Å². The Hall–Kier alpha value is -1.75. The van der Waals surface area contributed by atoms with E-state index in [4.69, 9.17) is 0 Å². The fraction of sp³-hybridized carbons (Fsp3) is 0.333. The number of hydrogen-bond acceptors (Lipinski definition) is 1. The minimum atomic E-state index is -4.30. The molecule has 1 aromatic heterocycles. The molecule has 1 aromatic carbocycles. The highest BCUT2D eigenvalue weighted by molar-refractivity contribution is 5.27. The highest BCUT2D eigenvalue weighted by Crippen LogP contribution is 2.30. The quantitative estimate of drug-likeness (QED) is 0.900.